The van der Waals surface area contributed by atoms with E-state index in [1.807, 2.05) is 80.6 Å². The summed E-state index contributed by atoms with van der Waals surface area (Å²) < 4.78 is 1.51. The molecule has 2 atom stereocenters. The maximum Gasteiger partial charge on any atom is 0.344 e. The summed E-state index contributed by atoms with van der Waals surface area (Å²) in [6.07, 6.45) is 4.16. The van der Waals surface area contributed by atoms with Crippen molar-refractivity contribution in [3.63, 3.8) is 0 Å². The molecule has 7 N–H and O–H groups in total. The summed E-state index contributed by atoms with van der Waals surface area (Å²) in [6.45, 7) is 3.93. The number of pyridine rings is 2. The first kappa shape index (κ1) is 51.1. The number of benzene rings is 4. The van der Waals surface area contributed by atoms with E-state index in [0.29, 0.717) is 23.1 Å². The SMILES string of the molecule is CC[C@@H](Nc1c(Cc2cccc(C(=O)O)c2O)c(=O)c1=O)c1ccccc1.CC[C@@H](Nc1c(Nc2cccc(C(=O)N(C)c3cccc[n+]3[O-])c2O)c(=O)c1=O)c1ccccc1.CN=c1ccccn1O. The fourth-order valence-corrected chi connectivity index (χ4v) is 7.58. The number of rotatable bonds is 15. The molecule has 0 fully saturated rings. The molecule has 2 heterocycles. The first-order valence-electron chi connectivity index (χ1n) is 22.3. The molecule has 364 valence electrons. The van der Waals surface area contributed by atoms with Crippen LogP contribution in [0.5, 0.6) is 11.5 Å². The predicted octanol–water partition coefficient (Wildman–Crippen LogP) is 6.30. The Balaban J connectivity index is 0.000000202. The summed E-state index contributed by atoms with van der Waals surface area (Å²) in [5, 5.41) is 60.1. The Morgan fingerprint density at radius 2 is 1.23 bits per heavy atom. The number of aromatic carboxylic acids is 1. The molecule has 18 heteroatoms. The number of nitrogens with zero attached hydrogens (tertiary/aromatic N) is 4. The second kappa shape index (κ2) is 23.1. The van der Waals surface area contributed by atoms with Crippen LogP contribution in [0.1, 0.15) is 81.7 Å². The van der Waals surface area contributed by atoms with Gasteiger partial charge in [0.1, 0.15) is 28.3 Å². The zero-order chi connectivity index (χ0) is 51.4. The zero-order valence-corrected chi connectivity index (χ0v) is 39.1. The standard InChI is InChI=1S/C26H24N4O5.C21H19NO5.C6H8N2O/c1-3-18(16-10-5-4-6-11-16)27-21-22(25(33)24(21)32)28-19-13-9-12-17(23(19)31)26(34)29(2)20-14-7-8-15-30(20)35;1-2-16(12-7-4-3-5-8-12)22-17-15(19(24)20(17)25)11-13-9-6-10-14(18(13)23)21(26)27;1-7-6-4-2-3-5-8(6)9/h4-15,18,27-28,31H,3H2,1-2H3;3-10,16,22-23H,2,11H2,1H3,(H,26,27);2-5,9H,1H3/t18-;16-;/m11./s1. The third-order valence-corrected chi connectivity index (χ3v) is 11.5. The van der Waals surface area contributed by atoms with E-state index >= 15 is 0 Å². The van der Waals surface area contributed by atoms with Gasteiger partial charge in [-0.1, -0.05) is 105 Å². The van der Waals surface area contributed by atoms with Crippen LogP contribution in [0.4, 0.5) is 28.6 Å². The number of phenols is 2. The molecule has 0 aliphatic carbocycles. The van der Waals surface area contributed by atoms with Crippen molar-refractivity contribution in [1.82, 2.24) is 4.73 Å². The van der Waals surface area contributed by atoms with Crippen molar-refractivity contribution < 1.29 is 34.8 Å². The van der Waals surface area contributed by atoms with Crippen LogP contribution >= 0.6 is 0 Å². The molecule has 18 nitrogen and oxygen atoms in total. The first-order chi connectivity index (χ1) is 34.1. The maximum absolute atomic E-state index is 13.0. The smallest absolute Gasteiger partial charge is 0.344 e. The minimum absolute atomic E-state index is 0.00885. The summed E-state index contributed by atoms with van der Waals surface area (Å²) in [7, 11) is 3.04. The number of amides is 1. The Morgan fingerprint density at radius 1 is 0.676 bits per heavy atom. The van der Waals surface area contributed by atoms with Crippen LogP contribution in [0.15, 0.2) is 170 Å². The number of phenolic OH excluding ortho intramolecular Hbond substituents is 1. The van der Waals surface area contributed by atoms with Crippen molar-refractivity contribution in [2.75, 3.05) is 34.9 Å². The Hall–Kier alpha value is -9.32. The molecule has 8 aromatic rings. The lowest BCUT2D eigenvalue weighted by molar-refractivity contribution is -0.591. The number of nitrogens with one attached hydrogen (secondary N) is 3. The van der Waals surface area contributed by atoms with E-state index in [1.165, 1.54) is 68.0 Å². The van der Waals surface area contributed by atoms with Crippen molar-refractivity contribution in [3.05, 3.63) is 231 Å². The van der Waals surface area contributed by atoms with Gasteiger partial charge < -0.3 is 41.7 Å². The topological polar surface area (TPSA) is 267 Å². The normalized spacial score (nSPS) is 11.9. The van der Waals surface area contributed by atoms with Crippen molar-refractivity contribution in [3.8, 4) is 11.5 Å². The van der Waals surface area contributed by atoms with Gasteiger partial charge in [0.25, 0.3) is 16.7 Å². The summed E-state index contributed by atoms with van der Waals surface area (Å²) in [4.78, 5) is 77.9. The minimum atomic E-state index is -1.26. The van der Waals surface area contributed by atoms with Gasteiger partial charge in [0.05, 0.1) is 36.7 Å². The highest BCUT2D eigenvalue weighted by Crippen LogP contribution is 2.34. The number of para-hydroxylation sites is 2. The van der Waals surface area contributed by atoms with Crippen LogP contribution in [-0.2, 0) is 6.42 Å². The molecule has 0 radical (unpaired) electrons. The van der Waals surface area contributed by atoms with Crippen LogP contribution < -0.4 is 52.8 Å². The van der Waals surface area contributed by atoms with Gasteiger partial charge in [0, 0.05) is 31.3 Å². The maximum atomic E-state index is 13.0. The number of aromatic hydroxyl groups is 2. The fourth-order valence-electron chi connectivity index (χ4n) is 7.58. The van der Waals surface area contributed by atoms with Crippen LogP contribution in [0.25, 0.3) is 0 Å². The molecule has 0 unspecified atom stereocenters. The Kier molecular flexibility index (Phi) is 16.6. The highest BCUT2D eigenvalue weighted by Gasteiger charge is 2.29. The van der Waals surface area contributed by atoms with Crippen LogP contribution in [-0.4, -0.2) is 51.2 Å². The van der Waals surface area contributed by atoms with E-state index in [1.54, 1.807) is 25.2 Å². The molecule has 0 bridgehead atoms. The van der Waals surface area contributed by atoms with Gasteiger partial charge in [-0.25, -0.2) is 14.3 Å². The highest BCUT2D eigenvalue weighted by atomic mass is 16.5. The lowest BCUT2D eigenvalue weighted by atomic mass is 9.95. The van der Waals surface area contributed by atoms with E-state index in [0.717, 1.165) is 20.8 Å². The number of anilines is 5. The average Bonchev–Trinajstić information content (AvgIpc) is 3.39. The molecular weight excluding hydrogens is 911 g/mol. The Bertz CT molecular complexity index is 3380. The molecule has 0 aliphatic rings. The van der Waals surface area contributed by atoms with E-state index in [4.69, 9.17) is 10.3 Å². The summed E-state index contributed by atoms with van der Waals surface area (Å²) in [5.74, 6) is -2.60. The van der Waals surface area contributed by atoms with Crippen molar-refractivity contribution >= 4 is 40.4 Å². The highest BCUT2D eigenvalue weighted by molar-refractivity contribution is 6.08. The molecule has 2 aromatic heterocycles. The van der Waals surface area contributed by atoms with Gasteiger partial charge in [-0.3, -0.25) is 24.2 Å². The largest absolute Gasteiger partial charge is 0.711 e. The van der Waals surface area contributed by atoms with Gasteiger partial charge in [-0.2, -0.15) is 9.63 Å². The molecule has 1 amide bonds. The van der Waals surface area contributed by atoms with Crippen LogP contribution in [0.3, 0.4) is 0 Å². The number of hydrogen-bond donors (Lipinski definition) is 7. The van der Waals surface area contributed by atoms with Crippen molar-refractivity contribution in [1.29, 1.82) is 0 Å². The molecule has 6 aromatic carbocycles. The van der Waals surface area contributed by atoms with E-state index < -0.39 is 39.3 Å². The van der Waals surface area contributed by atoms with Gasteiger partial charge >= 0.3 is 11.9 Å². The van der Waals surface area contributed by atoms with Crippen LogP contribution in [0.2, 0.25) is 0 Å². The quantitative estimate of drug-likeness (QED) is 0.0196. The molecule has 71 heavy (non-hydrogen) atoms. The minimum Gasteiger partial charge on any atom is -0.711 e. The second-order valence-corrected chi connectivity index (χ2v) is 15.9. The average molecular weight is 962 g/mol. The molecule has 8 rings (SSSR count). The molecule has 0 spiro atoms. The van der Waals surface area contributed by atoms with E-state index in [9.17, 15) is 44.2 Å². The number of carbonyl (C=O) groups is 2. The van der Waals surface area contributed by atoms with Gasteiger partial charge in [-0.15, -0.1) is 0 Å². The number of carboxylic acids is 1. The van der Waals surface area contributed by atoms with E-state index in [2.05, 4.69) is 20.9 Å². The first-order valence-corrected chi connectivity index (χ1v) is 22.3. The summed E-state index contributed by atoms with van der Waals surface area (Å²) in [6, 6.07) is 37.4. The van der Waals surface area contributed by atoms with Crippen molar-refractivity contribution in [2.45, 2.75) is 45.2 Å². The zero-order valence-electron chi connectivity index (χ0n) is 39.1. The van der Waals surface area contributed by atoms with Crippen molar-refractivity contribution in [2.24, 2.45) is 4.99 Å². The third kappa shape index (κ3) is 11.5. The van der Waals surface area contributed by atoms with Crippen LogP contribution in [0, 0.1) is 5.21 Å². The van der Waals surface area contributed by atoms with E-state index in [-0.39, 0.29) is 75.1 Å². The monoisotopic (exact) mass is 961 g/mol. The Labute approximate surface area is 406 Å². The molecular formula is C53H51N7O11. The lowest BCUT2D eigenvalue weighted by Crippen LogP contribution is -2.39. The third-order valence-electron chi connectivity index (χ3n) is 11.5. The van der Waals surface area contributed by atoms with Gasteiger partial charge in [-0.05, 0) is 65.9 Å². The molecule has 0 saturated carbocycles. The Morgan fingerprint density at radius 3 is 1.79 bits per heavy atom. The van der Waals surface area contributed by atoms with Gasteiger partial charge in [0.15, 0.2) is 11.2 Å². The predicted molar refractivity (Wildman–Crippen MR) is 269 cm³/mol. The molecule has 0 aliphatic heterocycles. The summed E-state index contributed by atoms with van der Waals surface area (Å²) in [5.41, 5.74) is 0.606. The molecule has 0 saturated heterocycles. The van der Waals surface area contributed by atoms with Gasteiger partial charge in [0.2, 0.25) is 10.9 Å². The number of carboxylic acid groups (broad SMARTS) is 1. The lowest BCUT2D eigenvalue weighted by Gasteiger charge is -2.22. The number of carbonyl (C=O) groups excluding carboxylic acids is 1. The number of hydrogen-bond acceptors (Lipinski definition) is 14. The summed E-state index contributed by atoms with van der Waals surface area (Å²) >= 11 is 0. The number of aromatic nitrogens is 2. The fraction of sp³-hybridized carbons (Fsp3) is 0.170. The second-order valence-electron chi connectivity index (χ2n) is 15.9.